The molecule has 2 unspecified atom stereocenters. The predicted molar refractivity (Wildman–Crippen MR) is 416 cm³/mol. The van der Waals surface area contributed by atoms with E-state index in [1.54, 1.807) is 0 Å². The van der Waals surface area contributed by atoms with E-state index >= 15 is 0 Å². The summed E-state index contributed by atoms with van der Waals surface area (Å²) in [5.41, 5.74) is 0. The summed E-state index contributed by atoms with van der Waals surface area (Å²) in [5.74, 6) is -2.29. The van der Waals surface area contributed by atoms with Gasteiger partial charge in [0.2, 0.25) is 0 Å². The zero-order valence-corrected chi connectivity index (χ0v) is 62.6. The van der Waals surface area contributed by atoms with Gasteiger partial charge in [-0.3, -0.25) is 9.59 Å². The lowest BCUT2D eigenvalue weighted by atomic mass is 10.0. The van der Waals surface area contributed by atoms with Crippen LogP contribution in [0, 0.1) is 0 Å². The summed E-state index contributed by atoms with van der Waals surface area (Å²) in [5, 5.41) is 11.9. The fraction of sp³-hybridized carbons (Fsp3) is 0.625. The summed E-state index contributed by atoms with van der Waals surface area (Å²) in [6, 6.07) is 0. The molecule has 97 heavy (non-hydrogen) atoms. The maximum absolute atomic E-state index is 13.0. The fourth-order valence-corrected chi connectivity index (χ4v) is 10.3. The van der Waals surface area contributed by atoms with Crippen molar-refractivity contribution in [2.24, 2.45) is 0 Å². The minimum absolute atomic E-state index is 0.140. The number of carbonyl (C=O) groups is 3. The molecule has 0 radical (unpaired) electrons. The second-order valence-electron chi connectivity index (χ2n) is 26.5. The van der Waals surface area contributed by atoms with Crippen LogP contribution in [0.5, 0.6) is 0 Å². The van der Waals surface area contributed by atoms with Gasteiger partial charge >= 0.3 is 11.9 Å². The predicted octanol–water partition coefficient (Wildman–Crippen LogP) is 23.8. The number of ether oxygens (including phenoxy) is 4. The van der Waals surface area contributed by atoms with E-state index in [1.807, 2.05) is 21.1 Å². The van der Waals surface area contributed by atoms with Gasteiger partial charge in [0.05, 0.1) is 40.3 Å². The summed E-state index contributed by atoms with van der Waals surface area (Å²) >= 11 is 0. The number of aliphatic carboxylic acids is 1. The van der Waals surface area contributed by atoms with Crippen LogP contribution in [-0.4, -0.2) is 82.3 Å². The van der Waals surface area contributed by atoms with Crippen LogP contribution in [0.25, 0.3) is 0 Å². The molecule has 0 bridgehead atoms. The number of esters is 2. The number of likely N-dealkylation sites (N-methyl/N-ethyl adjacent to an activating group) is 1. The van der Waals surface area contributed by atoms with Crippen LogP contribution in [0.4, 0.5) is 0 Å². The molecule has 0 aromatic rings. The lowest BCUT2D eigenvalue weighted by Gasteiger charge is -2.26. The highest BCUT2D eigenvalue weighted by Crippen LogP contribution is 2.17. The summed E-state index contributed by atoms with van der Waals surface area (Å²) in [7, 11) is 5.93. The van der Waals surface area contributed by atoms with Crippen molar-refractivity contribution < 1.29 is 42.9 Å². The molecule has 0 fully saturated rings. The van der Waals surface area contributed by atoms with E-state index in [9.17, 15) is 19.5 Å². The third kappa shape index (κ3) is 77.6. The number of carboxylic acids is 1. The molecule has 0 heterocycles. The highest BCUT2D eigenvalue weighted by molar-refractivity contribution is 5.70. The van der Waals surface area contributed by atoms with Crippen molar-refractivity contribution in [2.75, 3.05) is 47.5 Å². The first-order valence-corrected chi connectivity index (χ1v) is 38.9. The summed E-state index contributed by atoms with van der Waals surface area (Å²) in [6.07, 6.45) is 113. The summed E-state index contributed by atoms with van der Waals surface area (Å²) < 4.78 is 22.8. The molecule has 0 aliphatic carbocycles. The monoisotopic (exact) mass is 1340 g/mol. The molecule has 0 aliphatic heterocycles. The van der Waals surface area contributed by atoms with Crippen molar-refractivity contribution in [1.29, 1.82) is 0 Å². The van der Waals surface area contributed by atoms with Gasteiger partial charge in [-0.05, 0) is 135 Å². The number of allylic oxidation sites excluding steroid dienone is 30. The first-order chi connectivity index (χ1) is 47.6. The standard InChI is InChI=1S/C88H143NO8/c1-6-8-10-12-14-16-18-20-22-24-26-28-30-32-34-36-38-40-41-42-43-44-45-47-49-51-53-55-57-59-61-63-65-67-69-71-73-75-77-79-86(91)97-84(83-96-88(87(92)93)94-81-80-89(3,4)5)82-95-85(90)78-76-74-72-70-68-66-64-62-60-58-56-54-52-50-48-46-39-37-35-33-31-29-27-25-23-21-19-17-15-13-11-9-7-2/h8-11,14-17,20-23,26-29,32-35,38-40,42-43,45-47,50,52,84,88H,6-7,12-13,18-19,24-25,30-31,36-37,41,44,48-49,51,53-83H2,1-5H3/b10-8-,11-9-,16-14-,17-15-,22-20-,23-21-,28-26-,29-27-,34-32-,35-33-,40-38-,43-42-,46-39-,47-45-,52-50-. The Bertz CT molecular complexity index is 2260. The molecule has 0 rings (SSSR count). The average molecular weight is 1340 g/mol. The largest absolute Gasteiger partial charge is 0.545 e. The molecule has 0 aromatic heterocycles. The quantitative estimate of drug-likeness (QED) is 0.0195. The second-order valence-corrected chi connectivity index (χ2v) is 26.5. The molecule has 0 spiro atoms. The Morgan fingerprint density at radius 2 is 0.557 bits per heavy atom. The molecule has 0 aromatic carbocycles. The first-order valence-electron chi connectivity index (χ1n) is 38.9. The second kappa shape index (κ2) is 76.1. The summed E-state index contributed by atoms with van der Waals surface area (Å²) in [4.78, 5) is 37.6. The van der Waals surface area contributed by atoms with Crippen molar-refractivity contribution in [3.63, 3.8) is 0 Å². The molecular weight excluding hydrogens is 1200 g/mol. The van der Waals surface area contributed by atoms with Crippen LogP contribution in [0.2, 0.25) is 0 Å². The van der Waals surface area contributed by atoms with E-state index < -0.39 is 24.3 Å². The lowest BCUT2D eigenvalue weighted by molar-refractivity contribution is -0.870. The number of hydrogen-bond donors (Lipinski definition) is 0. The highest BCUT2D eigenvalue weighted by Gasteiger charge is 2.22. The van der Waals surface area contributed by atoms with E-state index in [2.05, 4.69) is 196 Å². The van der Waals surface area contributed by atoms with Crippen LogP contribution < -0.4 is 5.11 Å². The van der Waals surface area contributed by atoms with Gasteiger partial charge in [0, 0.05) is 12.8 Å². The van der Waals surface area contributed by atoms with E-state index in [4.69, 9.17) is 18.9 Å². The van der Waals surface area contributed by atoms with Crippen LogP contribution in [0.1, 0.15) is 296 Å². The number of unbranched alkanes of at least 4 members (excludes halogenated alkanes) is 25. The Morgan fingerprint density at radius 1 is 0.309 bits per heavy atom. The SMILES string of the molecule is CC/C=C\C/C=C\C/C=C\C/C=C\C/C=C\C/C=C\C/C=C\C/C=C\CCCCCCCCCCCCCCCCC(=O)OC(COC(=O)CCCCCCCCCCCCC/C=C\C/C=C\C/C=C\C/C=C\C/C=C\C/C=C\C/C=C\CC)COC(OCC[N+](C)(C)C)C(=O)[O-]. The van der Waals surface area contributed by atoms with Gasteiger partial charge in [0.25, 0.3) is 0 Å². The topological polar surface area (TPSA) is 111 Å². The van der Waals surface area contributed by atoms with Crippen molar-refractivity contribution >= 4 is 17.9 Å². The van der Waals surface area contributed by atoms with E-state index in [0.29, 0.717) is 17.4 Å². The third-order valence-corrected chi connectivity index (χ3v) is 16.1. The molecule has 9 heteroatoms. The summed E-state index contributed by atoms with van der Waals surface area (Å²) in [6.45, 7) is 4.52. The van der Waals surface area contributed by atoms with Crippen LogP contribution in [-0.2, 0) is 33.3 Å². The minimum atomic E-state index is -1.63. The maximum Gasteiger partial charge on any atom is 0.306 e. The van der Waals surface area contributed by atoms with Crippen molar-refractivity contribution in [3.8, 4) is 0 Å². The maximum atomic E-state index is 13.0. The van der Waals surface area contributed by atoms with E-state index in [-0.39, 0.29) is 38.6 Å². The molecule has 2 atom stereocenters. The molecule has 0 aliphatic rings. The van der Waals surface area contributed by atoms with Gasteiger partial charge < -0.3 is 33.3 Å². The van der Waals surface area contributed by atoms with Gasteiger partial charge in [-0.15, -0.1) is 0 Å². The Kier molecular flexibility index (Phi) is 71.7. The Labute approximate surface area is 596 Å². The Morgan fingerprint density at radius 3 is 0.825 bits per heavy atom. The number of quaternary nitrogens is 1. The highest BCUT2D eigenvalue weighted by atomic mass is 16.7. The molecule has 0 amide bonds. The number of nitrogens with zero attached hydrogens (tertiary/aromatic N) is 1. The van der Waals surface area contributed by atoms with Crippen molar-refractivity contribution in [3.05, 3.63) is 182 Å². The lowest BCUT2D eigenvalue weighted by Crippen LogP contribution is -2.44. The number of rotatable bonds is 70. The number of carbonyl (C=O) groups excluding carboxylic acids is 3. The molecule has 9 nitrogen and oxygen atoms in total. The molecule has 0 saturated carbocycles. The van der Waals surface area contributed by atoms with Crippen LogP contribution >= 0.6 is 0 Å². The molecular formula is C88H143NO8. The van der Waals surface area contributed by atoms with Gasteiger partial charge in [0.1, 0.15) is 13.2 Å². The first kappa shape index (κ1) is 91.4. The van der Waals surface area contributed by atoms with E-state index in [1.165, 1.54) is 116 Å². The van der Waals surface area contributed by atoms with Gasteiger partial charge in [0.15, 0.2) is 12.4 Å². The van der Waals surface area contributed by atoms with E-state index in [0.717, 1.165) is 148 Å². The smallest absolute Gasteiger partial charge is 0.306 e. The fourth-order valence-electron chi connectivity index (χ4n) is 10.3. The van der Waals surface area contributed by atoms with Crippen molar-refractivity contribution in [1.82, 2.24) is 0 Å². The van der Waals surface area contributed by atoms with Gasteiger partial charge in [-0.1, -0.05) is 331 Å². The van der Waals surface area contributed by atoms with Crippen LogP contribution in [0.3, 0.4) is 0 Å². The number of hydrogen-bond acceptors (Lipinski definition) is 8. The Balaban J connectivity index is 4.11. The molecule has 0 N–H and O–H groups in total. The minimum Gasteiger partial charge on any atom is -0.545 e. The molecule has 548 valence electrons. The van der Waals surface area contributed by atoms with Gasteiger partial charge in [-0.25, -0.2) is 0 Å². The zero-order valence-electron chi connectivity index (χ0n) is 62.6. The molecule has 0 saturated heterocycles. The number of carboxylic acid groups (broad SMARTS) is 1. The zero-order chi connectivity index (χ0) is 70.4. The third-order valence-electron chi connectivity index (χ3n) is 16.1. The Hall–Kier alpha value is -5.61. The van der Waals surface area contributed by atoms with Crippen molar-refractivity contribution in [2.45, 2.75) is 309 Å². The van der Waals surface area contributed by atoms with Crippen LogP contribution in [0.15, 0.2) is 182 Å². The normalized spacial score (nSPS) is 13.7. The van der Waals surface area contributed by atoms with Gasteiger partial charge in [-0.2, -0.15) is 0 Å². The average Bonchev–Trinajstić information content (AvgIpc) is 2.39.